The van der Waals surface area contributed by atoms with Crippen LogP contribution in [0.15, 0.2) is 0 Å². The highest BCUT2D eigenvalue weighted by molar-refractivity contribution is 4.77. The van der Waals surface area contributed by atoms with Crippen LogP contribution in [0.2, 0.25) is 0 Å². The predicted octanol–water partition coefficient (Wildman–Crippen LogP) is 1.96. The summed E-state index contributed by atoms with van der Waals surface area (Å²) in [6.45, 7) is 10.9. The Labute approximate surface area is 93.5 Å². The molecule has 0 spiro atoms. The van der Waals surface area contributed by atoms with Crippen LogP contribution in [0.25, 0.3) is 0 Å². The van der Waals surface area contributed by atoms with Crippen molar-refractivity contribution in [2.45, 2.75) is 58.3 Å². The standard InChI is InChI=1S/C12H25NO2/c1-10-11(6-5-7-13-10)14-8-9-15-12(2,3)4/h10-11,13H,5-9H2,1-4H3. The third-order valence-electron chi connectivity index (χ3n) is 2.64. The summed E-state index contributed by atoms with van der Waals surface area (Å²) in [5.41, 5.74) is -0.0558. The summed E-state index contributed by atoms with van der Waals surface area (Å²) >= 11 is 0. The van der Waals surface area contributed by atoms with Crippen LogP contribution in [0.4, 0.5) is 0 Å². The van der Waals surface area contributed by atoms with Gasteiger partial charge in [-0.3, -0.25) is 0 Å². The van der Waals surface area contributed by atoms with Crippen molar-refractivity contribution in [1.82, 2.24) is 5.32 Å². The lowest BCUT2D eigenvalue weighted by molar-refractivity contribution is -0.0622. The zero-order valence-electron chi connectivity index (χ0n) is 10.5. The Kier molecular flexibility index (Phi) is 5.03. The molecule has 3 heteroatoms. The van der Waals surface area contributed by atoms with Crippen LogP contribution in [0.5, 0.6) is 0 Å². The largest absolute Gasteiger partial charge is 0.374 e. The molecule has 0 amide bonds. The number of ether oxygens (including phenoxy) is 2. The fourth-order valence-electron chi connectivity index (χ4n) is 1.79. The zero-order chi connectivity index (χ0) is 11.3. The first-order valence-electron chi connectivity index (χ1n) is 5.98. The van der Waals surface area contributed by atoms with E-state index in [0.29, 0.717) is 25.4 Å². The molecule has 2 unspecified atom stereocenters. The molecule has 0 bridgehead atoms. The lowest BCUT2D eigenvalue weighted by atomic mass is 10.0. The van der Waals surface area contributed by atoms with Gasteiger partial charge in [-0.25, -0.2) is 0 Å². The fraction of sp³-hybridized carbons (Fsp3) is 1.00. The van der Waals surface area contributed by atoms with Gasteiger partial charge in [0, 0.05) is 6.04 Å². The van der Waals surface area contributed by atoms with Gasteiger partial charge in [-0.15, -0.1) is 0 Å². The number of nitrogens with one attached hydrogen (secondary N) is 1. The Balaban J connectivity index is 2.08. The molecule has 2 atom stereocenters. The average Bonchev–Trinajstić information content (AvgIpc) is 2.13. The molecule has 1 saturated heterocycles. The van der Waals surface area contributed by atoms with Gasteiger partial charge in [0.1, 0.15) is 0 Å². The lowest BCUT2D eigenvalue weighted by Gasteiger charge is -2.30. The summed E-state index contributed by atoms with van der Waals surface area (Å²) in [5.74, 6) is 0. The van der Waals surface area contributed by atoms with E-state index in [4.69, 9.17) is 9.47 Å². The summed E-state index contributed by atoms with van der Waals surface area (Å²) in [4.78, 5) is 0. The van der Waals surface area contributed by atoms with Crippen LogP contribution >= 0.6 is 0 Å². The summed E-state index contributed by atoms with van der Waals surface area (Å²) in [7, 11) is 0. The normalized spacial score (nSPS) is 28.0. The maximum atomic E-state index is 5.80. The molecule has 0 aliphatic carbocycles. The smallest absolute Gasteiger partial charge is 0.0726 e. The minimum atomic E-state index is -0.0558. The fourth-order valence-corrected chi connectivity index (χ4v) is 1.79. The van der Waals surface area contributed by atoms with Gasteiger partial charge >= 0.3 is 0 Å². The van der Waals surface area contributed by atoms with Gasteiger partial charge in [0.15, 0.2) is 0 Å². The van der Waals surface area contributed by atoms with Crippen molar-refractivity contribution in [3.63, 3.8) is 0 Å². The van der Waals surface area contributed by atoms with E-state index in [9.17, 15) is 0 Å². The van der Waals surface area contributed by atoms with Gasteiger partial charge in [-0.05, 0) is 47.1 Å². The summed E-state index contributed by atoms with van der Waals surface area (Å²) in [6.07, 6.45) is 2.75. The highest BCUT2D eigenvalue weighted by atomic mass is 16.5. The summed E-state index contributed by atoms with van der Waals surface area (Å²) in [5, 5.41) is 3.42. The highest BCUT2D eigenvalue weighted by Gasteiger charge is 2.21. The van der Waals surface area contributed by atoms with Gasteiger partial charge in [0.25, 0.3) is 0 Å². The molecule has 1 fully saturated rings. The molecular formula is C12H25NO2. The van der Waals surface area contributed by atoms with Crippen molar-refractivity contribution in [2.24, 2.45) is 0 Å². The van der Waals surface area contributed by atoms with Gasteiger partial charge in [-0.2, -0.15) is 0 Å². The molecule has 0 aromatic carbocycles. The maximum absolute atomic E-state index is 5.80. The van der Waals surface area contributed by atoms with Crippen molar-refractivity contribution in [3.05, 3.63) is 0 Å². The number of rotatable bonds is 4. The SMILES string of the molecule is CC1NCCCC1OCCOC(C)(C)C. The van der Waals surface area contributed by atoms with Crippen LogP contribution in [0.1, 0.15) is 40.5 Å². The van der Waals surface area contributed by atoms with Crippen molar-refractivity contribution < 1.29 is 9.47 Å². The number of hydrogen-bond donors (Lipinski definition) is 1. The Hall–Kier alpha value is -0.120. The number of hydrogen-bond acceptors (Lipinski definition) is 3. The second-order valence-electron chi connectivity index (χ2n) is 5.26. The van der Waals surface area contributed by atoms with E-state index < -0.39 is 0 Å². The molecule has 0 saturated carbocycles. The zero-order valence-corrected chi connectivity index (χ0v) is 10.5. The van der Waals surface area contributed by atoms with Crippen molar-refractivity contribution in [2.75, 3.05) is 19.8 Å². The van der Waals surface area contributed by atoms with E-state index in [1.54, 1.807) is 0 Å². The first-order valence-corrected chi connectivity index (χ1v) is 5.98. The maximum Gasteiger partial charge on any atom is 0.0726 e. The van der Waals surface area contributed by atoms with E-state index in [-0.39, 0.29) is 5.60 Å². The van der Waals surface area contributed by atoms with Gasteiger partial charge in [-0.1, -0.05) is 0 Å². The number of piperidine rings is 1. The van der Waals surface area contributed by atoms with E-state index in [2.05, 4.69) is 33.0 Å². The molecule has 1 rings (SSSR count). The van der Waals surface area contributed by atoms with Crippen LogP contribution in [0, 0.1) is 0 Å². The first kappa shape index (κ1) is 12.9. The molecular weight excluding hydrogens is 190 g/mol. The highest BCUT2D eigenvalue weighted by Crippen LogP contribution is 2.12. The van der Waals surface area contributed by atoms with Crippen molar-refractivity contribution in [3.8, 4) is 0 Å². The second kappa shape index (κ2) is 5.83. The monoisotopic (exact) mass is 215 g/mol. The van der Waals surface area contributed by atoms with E-state index in [1.165, 1.54) is 12.8 Å². The minimum Gasteiger partial charge on any atom is -0.374 e. The van der Waals surface area contributed by atoms with Crippen molar-refractivity contribution >= 4 is 0 Å². The minimum absolute atomic E-state index is 0.0558. The van der Waals surface area contributed by atoms with Crippen LogP contribution in [0.3, 0.4) is 0 Å². The Morgan fingerprint density at radius 2 is 2.00 bits per heavy atom. The predicted molar refractivity (Wildman–Crippen MR) is 62.1 cm³/mol. The lowest BCUT2D eigenvalue weighted by Crippen LogP contribution is -2.44. The molecule has 15 heavy (non-hydrogen) atoms. The van der Waals surface area contributed by atoms with E-state index >= 15 is 0 Å². The third-order valence-corrected chi connectivity index (χ3v) is 2.64. The molecule has 0 aromatic rings. The first-order chi connectivity index (χ1) is 6.99. The molecule has 0 aromatic heterocycles. The van der Waals surface area contributed by atoms with Crippen LogP contribution in [-0.2, 0) is 9.47 Å². The summed E-state index contributed by atoms with van der Waals surface area (Å²) in [6, 6.07) is 0.480. The molecule has 0 radical (unpaired) electrons. The van der Waals surface area contributed by atoms with Crippen LogP contribution < -0.4 is 5.32 Å². The van der Waals surface area contributed by atoms with Crippen molar-refractivity contribution in [1.29, 1.82) is 0 Å². The topological polar surface area (TPSA) is 30.5 Å². The quantitative estimate of drug-likeness (QED) is 0.727. The van der Waals surface area contributed by atoms with Gasteiger partial charge in [0.05, 0.1) is 24.9 Å². The second-order valence-corrected chi connectivity index (χ2v) is 5.26. The van der Waals surface area contributed by atoms with Gasteiger partial charge in [0.2, 0.25) is 0 Å². The Bertz CT molecular complexity index is 177. The Morgan fingerprint density at radius 3 is 2.60 bits per heavy atom. The molecule has 90 valence electrons. The molecule has 1 aliphatic heterocycles. The summed E-state index contributed by atoms with van der Waals surface area (Å²) < 4.78 is 11.4. The Morgan fingerprint density at radius 1 is 1.27 bits per heavy atom. The molecule has 1 aliphatic rings. The molecule has 1 N–H and O–H groups in total. The van der Waals surface area contributed by atoms with Gasteiger partial charge < -0.3 is 14.8 Å². The molecule has 1 heterocycles. The average molecular weight is 215 g/mol. The molecule has 3 nitrogen and oxygen atoms in total. The van der Waals surface area contributed by atoms with E-state index in [0.717, 1.165) is 6.54 Å². The third kappa shape index (κ3) is 5.50. The van der Waals surface area contributed by atoms with E-state index in [1.807, 2.05) is 0 Å². The van der Waals surface area contributed by atoms with Crippen LogP contribution in [-0.4, -0.2) is 37.5 Å².